The van der Waals surface area contributed by atoms with Gasteiger partial charge in [0.2, 0.25) is 5.91 Å². The van der Waals surface area contributed by atoms with Crippen LogP contribution in [0.15, 0.2) is 6.07 Å². The SMILES string of the molecule is NC(=O)C1CCCN1C1CCN(c2cc(Cl)nc(C3CC3)n2)CC1. The highest BCUT2D eigenvalue weighted by Gasteiger charge is 2.36. The zero-order valence-corrected chi connectivity index (χ0v) is 14.6. The first-order valence-corrected chi connectivity index (χ1v) is 9.34. The second-order valence-electron chi connectivity index (χ2n) is 7.20. The summed E-state index contributed by atoms with van der Waals surface area (Å²) < 4.78 is 0. The van der Waals surface area contributed by atoms with Crippen molar-refractivity contribution < 1.29 is 4.79 Å². The largest absolute Gasteiger partial charge is 0.368 e. The van der Waals surface area contributed by atoms with Crippen LogP contribution in [0.4, 0.5) is 5.82 Å². The Balaban J connectivity index is 1.42. The number of hydrogen-bond acceptors (Lipinski definition) is 5. The van der Waals surface area contributed by atoms with Gasteiger partial charge in [-0.15, -0.1) is 0 Å². The van der Waals surface area contributed by atoms with E-state index in [1.54, 1.807) is 0 Å². The van der Waals surface area contributed by atoms with Gasteiger partial charge in [0.15, 0.2) is 0 Å². The maximum atomic E-state index is 11.6. The fourth-order valence-electron chi connectivity index (χ4n) is 4.07. The minimum Gasteiger partial charge on any atom is -0.368 e. The summed E-state index contributed by atoms with van der Waals surface area (Å²) in [6, 6.07) is 2.24. The minimum atomic E-state index is -0.174. The summed E-state index contributed by atoms with van der Waals surface area (Å²) in [6.45, 7) is 2.86. The molecule has 7 heteroatoms. The Morgan fingerprint density at radius 1 is 1.12 bits per heavy atom. The topological polar surface area (TPSA) is 75.4 Å². The number of halogens is 1. The van der Waals surface area contributed by atoms with Crippen molar-refractivity contribution in [3.8, 4) is 0 Å². The number of carbonyl (C=O) groups is 1. The van der Waals surface area contributed by atoms with Crippen molar-refractivity contribution in [1.82, 2.24) is 14.9 Å². The number of nitrogens with two attached hydrogens (primary N) is 1. The number of primary amides is 1. The predicted molar refractivity (Wildman–Crippen MR) is 93.2 cm³/mol. The summed E-state index contributed by atoms with van der Waals surface area (Å²) in [4.78, 5) is 25.3. The van der Waals surface area contributed by atoms with E-state index in [-0.39, 0.29) is 11.9 Å². The fourth-order valence-corrected chi connectivity index (χ4v) is 4.25. The summed E-state index contributed by atoms with van der Waals surface area (Å²) >= 11 is 6.19. The van der Waals surface area contributed by atoms with Crippen LogP contribution >= 0.6 is 11.6 Å². The Labute approximate surface area is 147 Å². The van der Waals surface area contributed by atoms with E-state index < -0.39 is 0 Å². The molecule has 6 nitrogen and oxygen atoms in total. The molecular formula is C17H24ClN5O. The molecule has 1 aromatic rings. The molecular weight excluding hydrogens is 326 g/mol. The maximum Gasteiger partial charge on any atom is 0.234 e. The molecule has 1 aliphatic carbocycles. The molecule has 2 aliphatic heterocycles. The van der Waals surface area contributed by atoms with Crippen LogP contribution in [0, 0.1) is 0 Å². The van der Waals surface area contributed by atoms with E-state index in [0.29, 0.717) is 17.1 Å². The van der Waals surface area contributed by atoms with Gasteiger partial charge in [0.25, 0.3) is 0 Å². The highest BCUT2D eigenvalue weighted by Crippen LogP contribution is 2.39. The molecule has 2 saturated heterocycles. The quantitative estimate of drug-likeness (QED) is 0.840. The molecule has 0 bridgehead atoms. The van der Waals surface area contributed by atoms with Gasteiger partial charge in [0, 0.05) is 31.1 Å². The van der Waals surface area contributed by atoms with Crippen molar-refractivity contribution in [3.05, 3.63) is 17.0 Å². The first-order valence-electron chi connectivity index (χ1n) is 8.96. The molecule has 1 atom stereocenters. The van der Waals surface area contributed by atoms with Gasteiger partial charge >= 0.3 is 0 Å². The van der Waals surface area contributed by atoms with Gasteiger partial charge in [-0.05, 0) is 45.1 Å². The number of anilines is 1. The molecule has 3 aliphatic rings. The molecule has 1 amide bonds. The number of carbonyl (C=O) groups excluding carboxylic acids is 1. The molecule has 24 heavy (non-hydrogen) atoms. The number of likely N-dealkylation sites (tertiary alicyclic amines) is 1. The Morgan fingerprint density at radius 2 is 1.88 bits per heavy atom. The van der Waals surface area contributed by atoms with Crippen molar-refractivity contribution >= 4 is 23.3 Å². The molecule has 1 saturated carbocycles. The van der Waals surface area contributed by atoms with Gasteiger partial charge in [0.05, 0.1) is 6.04 Å². The summed E-state index contributed by atoms with van der Waals surface area (Å²) in [5.41, 5.74) is 5.56. The second kappa shape index (κ2) is 6.48. The molecule has 1 unspecified atom stereocenters. The zero-order chi connectivity index (χ0) is 16.7. The van der Waals surface area contributed by atoms with Crippen LogP contribution < -0.4 is 10.6 Å². The highest BCUT2D eigenvalue weighted by molar-refractivity contribution is 6.29. The van der Waals surface area contributed by atoms with Gasteiger partial charge in [0.1, 0.15) is 16.8 Å². The molecule has 0 aromatic carbocycles. The standard InChI is InChI=1S/C17H24ClN5O/c18-14-10-15(21-17(20-14)11-3-4-11)22-8-5-12(6-9-22)23-7-1-2-13(23)16(19)24/h10-13H,1-9H2,(H2,19,24). The van der Waals surface area contributed by atoms with E-state index in [1.807, 2.05) is 6.07 Å². The summed E-state index contributed by atoms with van der Waals surface area (Å²) in [5, 5.41) is 0.539. The number of aromatic nitrogens is 2. The van der Waals surface area contributed by atoms with Crippen LogP contribution in [0.5, 0.6) is 0 Å². The third-order valence-electron chi connectivity index (χ3n) is 5.52. The Hall–Kier alpha value is -1.40. The number of hydrogen-bond donors (Lipinski definition) is 1. The van der Waals surface area contributed by atoms with Gasteiger partial charge in [-0.3, -0.25) is 9.69 Å². The molecule has 0 spiro atoms. The normalized spacial score (nSPS) is 26.0. The van der Waals surface area contributed by atoms with Crippen molar-refractivity contribution in [2.45, 2.75) is 56.5 Å². The summed E-state index contributed by atoms with van der Waals surface area (Å²) in [6.07, 6.45) is 6.38. The first-order chi connectivity index (χ1) is 11.6. The lowest BCUT2D eigenvalue weighted by atomic mass is 10.0. The van der Waals surface area contributed by atoms with Gasteiger partial charge in [-0.25, -0.2) is 9.97 Å². The Kier molecular flexibility index (Phi) is 4.35. The maximum absolute atomic E-state index is 11.6. The third-order valence-corrected chi connectivity index (χ3v) is 5.71. The van der Waals surface area contributed by atoms with Crippen LogP contribution in [0.25, 0.3) is 0 Å². The lowest BCUT2D eigenvalue weighted by Crippen LogP contribution is -2.50. The van der Waals surface area contributed by atoms with Crippen LogP contribution in [-0.4, -0.2) is 52.5 Å². The van der Waals surface area contributed by atoms with Crippen LogP contribution in [0.2, 0.25) is 5.15 Å². The van der Waals surface area contributed by atoms with E-state index in [1.165, 1.54) is 12.8 Å². The average molecular weight is 350 g/mol. The van der Waals surface area contributed by atoms with E-state index in [0.717, 1.165) is 57.0 Å². The minimum absolute atomic E-state index is 0.0727. The molecule has 4 rings (SSSR count). The molecule has 3 fully saturated rings. The van der Waals surface area contributed by atoms with Crippen molar-refractivity contribution in [3.63, 3.8) is 0 Å². The lowest BCUT2D eigenvalue weighted by Gasteiger charge is -2.39. The molecule has 130 valence electrons. The number of piperidine rings is 1. The molecule has 1 aromatic heterocycles. The molecule has 0 radical (unpaired) electrons. The second-order valence-corrected chi connectivity index (χ2v) is 7.59. The Morgan fingerprint density at radius 3 is 2.54 bits per heavy atom. The van der Waals surface area contributed by atoms with E-state index in [9.17, 15) is 4.79 Å². The molecule has 3 heterocycles. The smallest absolute Gasteiger partial charge is 0.234 e. The van der Waals surface area contributed by atoms with Gasteiger partial charge < -0.3 is 10.6 Å². The van der Waals surface area contributed by atoms with Crippen LogP contribution in [0.3, 0.4) is 0 Å². The third kappa shape index (κ3) is 3.22. The van der Waals surface area contributed by atoms with Crippen molar-refractivity contribution in [1.29, 1.82) is 0 Å². The summed E-state index contributed by atoms with van der Waals surface area (Å²) in [7, 11) is 0. The number of amides is 1. The summed E-state index contributed by atoms with van der Waals surface area (Å²) in [5.74, 6) is 2.17. The van der Waals surface area contributed by atoms with Crippen LogP contribution in [-0.2, 0) is 4.79 Å². The van der Waals surface area contributed by atoms with E-state index in [2.05, 4.69) is 14.8 Å². The van der Waals surface area contributed by atoms with Crippen molar-refractivity contribution in [2.24, 2.45) is 5.73 Å². The molecule has 2 N–H and O–H groups in total. The van der Waals surface area contributed by atoms with E-state index >= 15 is 0 Å². The van der Waals surface area contributed by atoms with Gasteiger partial charge in [-0.1, -0.05) is 11.6 Å². The predicted octanol–water partition coefficient (Wildman–Crippen LogP) is 1.93. The Bertz CT molecular complexity index is 627. The van der Waals surface area contributed by atoms with Crippen LogP contribution in [0.1, 0.15) is 50.3 Å². The average Bonchev–Trinajstić information content (AvgIpc) is 3.31. The van der Waals surface area contributed by atoms with Crippen molar-refractivity contribution in [2.75, 3.05) is 24.5 Å². The monoisotopic (exact) mass is 349 g/mol. The van der Waals surface area contributed by atoms with E-state index in [4.69, 9.17) is 22.3 Å². The number of rotatable bonds is 4. The highest BCUT2D eigenvalue weighted by atomic mass is 35.5. The van der Waals surface area contributed by atoms with Gasteiger partial charge in [-0.2, -0.15) is 0 Å². The zero-order valence-electron chi connectivity index (χ0n) is 13.8. The lowest BCUT2D eigenvalue weighted by molar-refractivity contribution is -0.123. The fraction of sp³-hybridized carbons (Fsp3) is 0.706. The number of nitrogens with zero attached hydrogens (tertiary/aromatic N) is 4. The first kappa shape index (κ1) is 16.1.